The largest absolute Gasteiger partial charge is 0.502 e. The Kier molecular flexibility index (Phi) is 5.33. The second kappa shape index (κ2) is 7.89. The molecule has 34 heavy (non-hydrogen) atoms. The van der Waals surface area contributed by atoms with Crippen LogP contribution in [0.1, 0.15) is 36.7 Å². The maximum absolute atomic E-state index is 13.6. The average Bonchev–Trinajstić information content (AvgIpc) is 3.11. The lowest BCUT2D eigenvalue weighted by molar-refractivity contribution is -0.455. The van der Waals surface area contributed by atoms with E-state index >= 15 is 0 Å². The van der Waals surface area contributed by atoms with E-state index < -0.39 is 33.4 Å². The second-order valence-corrected chi connectivity index (χ2v) is 12.3. The number of fused-ring (bicyclic) bond motifs is 1. The molecule has 2 aliphatic heterocycles. The van der Waals surface area contributed by atoms with E-state index in [1.54, 1.807) is 35.9 Å². The summed E-state index contributed by atoms with van der Waals surface area (Å²) in [4.78, 5) is 28.1. The molecule has 1 fully saturated rings. The van der Waals surface area contributed by atoms with E-state index in [0.717, 1.165) is 40.9 Å². The SMILES string of the molecule is Cc1cc(C[N+]2=C3SC(S(=O)(=O)NC4(C)CC4)=CC3C(=O)N(Cc3cnn(C)c3)C2=O)n(C)n1. The highest BCUT2D eigenvalue weighted by Gasteiger charge is 2.53. The molecule has 2 aromatic rings. The molecule has 1 aliphatic carbocycles. The number of imide groups is 1. The minimum Gasteiger partial charge on any atom is -0.275 e. The zero-order valence-electron chi connectivity index (χ0n) is 19.3. The fraction of sp³-hybridized carbons (Fsp3) is 0.476. The third-order valence-electron chi connectivity index (χ3n) is 6.20. The van der Waals surface area contributed by atoms with Crippen LogP contribution in [0.25, 0.3) is 0 Å². The minimum absolute atomic E-state index is 0.0487. The Morgan fingerprint density at radius 2 is 2.03 bits per heavy atom. The van der Waals surface area contributed by atoms with Crippen LogP contribution in [0.15, 0.2) is 28.8 Å². The summed E-state index contributed by atoms with van der Waals surface area (Å²) >= 11 is 0.969. The molecule has 1 atom stereocenters. The van der Waals surface area contributed by atoms with Crippen LogP contribution in [0.3, 0.4) is 0 Å². The van der Waals surface area contributed by atoms with Crippen molar-refractivity contribution >= 4 is 38.8 Å². The summed E-state index contributed by atoms with van der Waals surface area (Å²) in [5, 5.41) is 8.86. The molecule has 13 heteroatoms. The van der Waals surface area contributed by atoms with E-state index in [9.17, 15) is 18.0 Å². The first kappa shape index (κ1) is 23.0. The van der Waals surface area contributed by atoms with Gasteiger partial charge in [-0.05, 0) is 50.6 Å². The number of urea groups is 1. The van der Waals surface area contributed by atoms with Gasteiger partial charge in [-0.2, -0.15) is 24.5 Å². The third-order valence-corrected chi connectivity index (χ3v) is 9.55. The number of hydrogen-bond donors (Lipinski definition) is 1. The maximum atomic E-state index is 13.6. The number of aromatic nitrogens is 4. The van der Waals surface area contributed by atoms with Gasteiger partial charge in [0.2, 0.25) is 10.0 Å². The van der Waals surface area contributed by atoms with Gasteiger partial charge in [-0.3, -0.25) is 9.36 Å². The summed E-state index contributed by atoms with van der Waals surface area (Å²) in [5.41, 5.74) is 1.83. The Bertz CT molecular complexity index is 1380. The van der Waals surface area contributed by atoms with Gasteiger partial charge in [0.05, 0.1) is 17.6 Å². The lowest BCUT2D eigenvalue weighted by Crippen LogP contribution is -2.52. The number of aryl methyl sites for hydroxylation is 3. The fourth-order valence-corrected chi connectivity index (χ4v) is 7.17. The van der Waals surface area contributed by atoms with Crippen LogP contribution in [0.5, 0.6) is 0 Å². The van der Waals surface area contributed by atoms with Crippen molar-refractivity contribution < 1.29 is 22.6 Å². The summed E-state index contributed by atoms with van der Waals surface area (Å²) in [6.07, 6.45) is 6.34. The van der Waals surface area contributed by atoms with Crippen LogP contribution in [-0.2, 0) is 42.0 Å². The highest BCUT2D eigenvalue weighted by molar-refractivity contribution is 8.27. The van der Waals surface area contributed by atoms with Gasteiger partial charge >= 0.3 is 11.9 Å². The van der Waals surface area contributed by atoms with Gasteiger partial charge in [0.15, 0.2) is 5.04 Å². The number of thioether (sulfide) groups is 1. The number of nitrogens with zero attached hydrogens (tertiary/aromatic N) is 6. The lowest BCUT2D eigenvalue weighted by Gasteiger charge is -2.23. The van der Waals surface area contributed by atoms with Gasteiger partial charge in [0.25, 0.3) is 0 Å². The van der Waals surface area contributed by atoms with E-state index in [1.807, 2.05) is 19.9 Å². The molecule has 1 unspecified atom stereocenters. The zero-order valence-corrected chi connectivity index (χ0v) is 21.0. The van der Waals surface area contributed by atoms with Crippen molar-refractivity contribution in [2.45, 2.75) is 45.3 Å². The first-order valence-corrected chi connectivity index (χ1v) is 13.2. The number of nitrogens with one attached hydrogen (secondary N) is 1. The molecule has 1 saturated carbocycles. The number of hydrogen-bond acceptors (Lipinski definition) is 7. The van der Waals surface area contributed by atoms with Gasteiger partial charge in [-0.15, -0.1) is 0 Å². The predicted octanol–water partition coefficient (Wildman–Crippen LogP) is 1.21. The average molecular weight is 505 g/mol. The molecule has 2 aromatic heterocycles. The van der Waals surface area contributed by atoms with Gasteiger partial charge in [-0.25, -0.2) is 17.9 Å². The van der Waals surface area contributed by atoms with Gasteiger partial charge in [0, 0.05) is 31.4 Å². The van der Waals surface area contributed by atoms with Crippen LogP contribution in [0.2, 0.25) is 0 Å². The topological polar surface area (TPSA) is 122 Å². The molecule has 4 heterocycles. The molecule has 1 N–H and O–H groups in total. The molecule has 3 amide bonds. The molecule has 11 nitrogen and oxygen atoms in total. The molecule has 0 bridgehead atoms. The van der Waals surface area contributed by atoms with Crippen molar-refractivity contribution in [2.24, 2.45) is 20.0 Å². The highest BCUT2D eigenvalue weighted by atomic mass is 32.3. The van der Waals surface area contributed by atoms with Crippen molar-refractivity contribution in [3.8, 4) is 0 Å². The van der Waals surface area contributed by atoms with E-state index in [1.165, 1.54) is 10.7 Å². The summed E-state index contributed by atoms with van der Waals surface area (Å²) in [5.74, 6) is -1.30. The number of amides is 3. The molecule has 180 valence electrons. The summed E-state index contributed by atoms with van der Waals surface area (Å²) in [6, 6.07) is 1.37. The zero-order chi connectivity index (χ0) is 24.4. The number of rotatable bonds is 7. The van der Waals surface area contributed by atoms with Crippen LogP contribution < -0.4 is 4.72 Å². The van der Waals surface area contributed by atoms with Gasteiger partial charge in [-0.1, -0.05) is 0 Å². The normalized spacial score (nSPS) is 21.8. The number of carbonyl (C=O) groups excluding carboxylic acids is 2. The standard InChI is InChI=1S/C21H26N7O4S2/c1-13-7-15(26(4)23-13)12-28-19-16(8-17(33-19)34(31,32)24-21(2)5-6-21)18(29)27(20(28)30)11-14-9-22-25(3)10-14/h7-10,16,24H,5-6,11-12H2,1-4H3/q+1. The smallest absolute Gasteiger partial charge is 0.275 e. The minimum atomic E-state index is -3.81. The molecular formula is C21H26N7O4S2+. The van der Waals surface area contributed by atoms with Crippen LogP contribution in [-0.4, -0.2) is 60.0 Å². The van der Waals surface area contributed by atoms with Crippen LogP contribution in [0, 0.1) is 12.8 Å². The fourth-order valence-electron chi connectivity index (χ4n) is 4.12. The van der Waals surface area contributed by atoms with Gasteiger partial charge in [0.1, 0.15) is 23.2 Å². The monoisotopic (exact) mass is 504 g/mol. The Balaban J connectivity index is 1.54. The first-order chi connectivity index (χ1) is 16.0. The van der Waals surface area contributed by atoms with Crippen molar-refractivity contribution in [2.75, 3.05) is 0 Å². The van der Waals surface area contributed by atoms with Crippen LogP contribution in [0.4, 0.5) is 4.79 Å². The predicted molar refractivity (Wildman–Crippen MR) is 125 cm³/mol. The number of carbonyl (C=O) groups is 2. The molecular weight excluding hydrogens is 478 g/mol. The van der Waals surface area contributed by atoms with Crippen molar-refractivity contribution in [3.63, 3.8) is 0 Å². The Morgan fingerprint density at radius 3 is 2.62 bits per heavy atom. The summed E-state index contributed by atoms with van der Waals surface area (Å²) in [6.45, 7) is 3.92. The molecule has 0 radical (unpaired) electrons. The number of sulfonamides is 1. The Morgan fingerprint density at radius 1 is 1.29 bits per heavy atom. The van der Waals surface area contributed by atoms with Gasteiger partial charge < -0.3 is 0 Å². The van der Waals surface area contributed by atoms with Crippen molar-refractivity contribution in [1.82, 2.24) is 29.2 Å². The second-order valence-electron chi connectivity index (χ2n) is 9.29. The lowest BCUT2D eigenvalue weighted by atomic mass is 10.1. The molecule has 0 spiro atoms. The van der Waals surface area contributed by atoms with E-state index in [2.05, 4.69) is 14.9 Å². The highest BCUT2D eigenvalue weighted by Crippen LogP contribution is 2.42. The van der Waals surface area contributed by atoms with E-state index in [4.69, 9.17) is 0 Å². The molecule has 5 rings (SSSR count). The first-order valence-electron chi connectivity index (χ1n) is 10.9. The summed E-state index contributed by atoms with van der Waals surface area (Å²) in [7, 11) is -0.272. The Hall–Kier alpha value is -2.77. The molecule has 0 saturated heterocycles. The summed E-state index contributed by atoms with van der Waals surface area (Å²) < 4.78 is 33.7. The molecule has 3 aliphatic rings. The van der Waals surface area contributed by atoms with Crippen molar-refractivity contribution in [1.29, 1.82) is 0 Å². The quantitative estimate of drug-likeness (QED) is 0.563. The Labute approximate surface area is 201 Å². The van der Waals surface area contributed by atoms with E-state index in [-0.39, 0.29) is 17.3 Å². The van der Waals surface area contributed by atoms with Crippen molar-refractivity contribution in [3.05, 3.63) is 45.7 Å². The van der Waals surface area contributed by atoms with E-state index in [0.29, 0.717) is 10.6 Å². The molecule has 0 aromatic carbocycles. The third kappa shape index (κ3) is 4.12. The van der Waals surface area contributed by atoms with Crippen LogP contribution >= 0.6 is 11.8 Å². The maximum Gasteiger partial charge on any atom is 0.502 e.